The third-order valence-electron chi connectivity index (χ3n) is 4.75. The Morgan fingerprint density at radius 1 is 1.12 bits per heavy atom. The van der Waals surface area contributed by atoms with E-state index in [2.05, 4.69) is 36.3 Å². The van der Waals surface area contributed by atoms with Crippen LogP contribution in [-0.4, -0.2) is 16.1 Å². The number of pyridine rings is 1. The first-order chi connectivity index (χ1) is 12.3. The van der Waals surface area contributed by atoms with E-state index in [1.54, 1.807) is 20.0 Å². The van der Waals surface area contributed by atoms with Crippen molar-refractivity contribution in [1.82, 2.24) is 4.98 Å². The molecule has 0 fully saturated rings. The van der Waals surface area contributed by atoms with Crippen LogP contribution in [0.3, 0.4) is 0 Å². The van der Waals surface area contributed by atoms with Gasteiger partial charge in [0.1, 0.15) is 0 Å². The highest BCUT2D eigenvalue weighted by molar-refractivity contribution is 6.34. The number of nitrogens with one attached hydrogen (secondary N) is 1. The van der Waals surface area contributed by atoms with Gasteiger partial charge in [-0.2, -0.15) is 0 Å². The summed E-state index contributed by atoms with van der Waals surface area (Å²) in [5.41, 5.74) is 4.08. The molecule has 1 aromatic heterocycles. The number of nitrogens with zero attached hydrogens (tertiary/aromatic N) is 1. The molecule has 1 unspecified atom stereocenters. The standard InChI is InChI=1S/C22H25ClN2O/c1-5-14(2)25-21-18-12-16(8-11-20(18)24-13-19(21)23)15-6-9-17(10-7-15)22(3,4)26/h6-14,26H,5H2,1-4H3,(H,24,25). The van der Waals surface area contributed by atoms with Gasteiger partial charge in [0, 0.05) is 17.6 Å². The summed E-state index contributed by atoms with van der Waals surface area (Å²) >= 11 is 6.42. The number of halogens is 1. The van der Waals surface area contributed by atoms with Crippen molar-refractivity contribution < 1.29 is 5.11 Å². The van der Waals surface area contributed by atoms with E-state index in [-0.39, 0.29) is 0 Å². The zero-order valence-electron chi connectivity index (χ0n) is 15.7. The van der Waals surface area contributed by atoms with Crippen LogP contribution in [0, 0.1) is 0 Å². The average Bonchev–Trinajstić information content (AvgIpc) is 2.63. The van der Waals surface area contributed by atoms with E-state index in [1.165, 1.54) is 0 Å². The summed E-state index contributed by atoms with van der Waals surface area (Å²) in [6.07, 6.45) is 2.71. The predicted octanol–water partition coefficient (Wildman–Crippen LogP) is 5.99. The van der Waals surface area contributed by atoms with Gasteiger partial charge in [0.15, 0.2) is 0 Å². The van der Waals surface area contributed by atoms with Crippen molar-refractivity contribution >= 4 is 28.2 Å². The first kappa shape index (κ1) is 18.7. The Hall–Kier alpha value is -2.10. The maximum Gasteiger partial charge on any atom is 0.0840 e. The highest BCUT2D eigenvalue weighted by Gasteiger charge is 2.16. The molecule has 0 aliphatic carbocycles. The molecule has 2 N–H and O–H groups in total. The van der Waals surface area contributed by atoms with Crippen LogP contribution >= 0.6 is 11.6 Å². The van der Waals surface area contributed by atoms with Crippen LogP contribution in [-0.2, 0) is 5.60 Å². The van der Waals surface area contributed by atoms with Gasteiger partial charge in [-0.3, -0.25) is 4.98 Å². The molecule has 0 amide bonds. The van der Waals surface area contributed by atoms with E-state index in [4.69, 9.17) is 11.6 Å². The van der Waals surface area contributed by atoms with E-state index >= 15 is 0 Å². The Labute approximate surface area is 160 Å². The highest BCUT2D eigenvalue weighted by Crippen LogP contribution is 2.34. The van der Waals surface area contributed by atoms with Gasteiger partial charge < -0.3 is 10.4 Å². The zero-order valence-corrected chi connectivity index (χ0v) is 16.4. The van der Waals surface area contributed by atoms with Crippen molar-refractivity contribution in [3.05, 3.63) is 59.2 Å². The molecule has 0 aliphatic heterocycles. The molecule has 1 atom stereocenters. The lowest BCUT2D eigenvalue weighted by atomic mass is 9.95. The van der Waals surface area contributed by atoms with E-state index in [9.17, 15) is 5.11 Å². The number of benzene rings is 2. The normalized spacial score (nSPS) is 13.0. The van der Waals surface area contributed by atoms with Crippen molar-refractivity contribution in [3.63, 3.8) is 0 Å². The maximum atomic E-state index is 10.1. The van der Waals surface area contributed by atoms with Crippen molar-refractivity contribution in [2.75, 3.05) is 5.32 Å². The Morgan fingerprint density at radius 2 is 1.77 bits per heavy atom. The van der Waals surface area contributed by atoms with E-state index in [1.807, 2.05) is 30.3 Å². The Morgan fingerprint density at radius 3 is 2.38 bits per heavy atom. The summed E-state index contributed by atoms with van der Waals surface area (Å²) < 4.78 is 0. The van der Waals surface area contributed by atoms with Crippen LogP contribution in [0.2, 0.25) is 5.02 Å². The summed E-state index contributed by atoms with van der Waals surface area (Å²) in [4.78, 5) is 4.45. The second kappa shape index (κ2) is 7.26. The van der Waals surface area contributed by atoms with Crippen LogP contribution in [0.5, 0.6) is 0 Å². The van der Waals surface area contributed by atoms with Gasteiger partial charge in [-0.1, -0.05) is 48.9 Å². The Balaban J connectivity index is 2.06. The molecule has 0 bridgehead atoms. The summed E-state index contributed by atoms with van der Waals surface area (Å²) in [7, 11) is 0. The van der Waals surface area contributed by atoms with Gasteiger partial charge in [0.2, 0.25) is 0 Å². The molecule has 26 heavy (non-hydrogen) atoms. The van der Waals surface area contributed by atoms with Crippen LogP contribution in [0.1, 0.15) is 39.7 Å². The summed E-state index contributed by atoms with van der Waals surface area (Å²) in [5, 5.41) is 15.3. The SMILES string of the molecule is CCC(C)Nc1c(Cl)cnc2ccc(-c3ccc(C(C)(C)O)cc3)cc12. The molecule has 0 aliphatic rings. The number of rotatable bonds is 5. The molecule has 136 valence electrons. The van der Waals surface area contributed by atoms with E-state index in [0.717, 1.165) is 39.7 Å². The molecule has 0 spiro atoms. The summed E-state index contributed by atoms with van der Waals surface area (Å²) in [5.74, 6) is 0. The molecule has 0 radical (unpaired) electrons. The second-order valence-corrected chi connectivity index (χ2v) is 7.71. The van der Waals surface area contributed by atoms with Gasteiger partial charge in [-0.05, 0) is 56.0 Å². The van der Waals surface area contributed by atoms with Crippen LogP contribution in [0.25, 0.3) is 22.0 Å². The molecular weight excluding hydrogens is 344 g/mol. The van der Waals surface area contributed by atoms with E-state index < -0.39 is 5.60 Å². The van der Waals surface area contributed by atoms with Gasteiger partial charge >= 0.3 is 0 Å². The minimum atomic E-state index is -0.841. The van der Waals surface area contributed by atoms with Crippen LogP contribution < -0.4 is 5.32 Å². The lowest BCUT2D eigenvalue weighted by Gasteiger charge is -2.18. The molecule has 4 heteroatoms. The Kier molecular flexibility index (Phi) is 5.22. The fraction of sp³-hybridized carbons (Fsp3) is 0.318. The van der Waals surface area contributed by atoms with Gasteiger partial charge in [0.05, 0.1) is 21.8 Å². The van der Waals surface area contributed by atoms with Gasteiger partial charge in [-0.15, -0.1) is 0 Å². The van der Waals surface area contributed by atoms with Gasteiger partial charge in [-0.25, -0.2) is 0 Å². The first-order valence-electron chi connectivity index (χ1n) is 8.97. The number of anilines is 1. The minimum absolute atomic E-state index is 0.327. The molecular formula is C22H25ClN2O. The maximum absolute atomic E-state index is 10.1. The highest BCUT2D eigenvalue weighted by atomic mass is 35.5. The first-order valence-corrected chi connectivity index (χ1v) is 9.35. The van der Waals surface area contributed by atoms with Crippen LogP contribution in [0.15, 0.2) is 48.7 Å². The largest absolute Gasteiger partial charge is 0.386 e. The van der Waals surface area contributed by atoms with Gasteiger partial charge in [0.25, 0.3) is 0 Å². The Bertz CT molecular complexity index is 914. The van der Waals surface area contributed by atoms with Crippen molar-refractivity contribution in [3.8, 4) is 11.1 Å². The third kappa shape index (κ3) is 3.84. The van der Waals surface area contributed by atoms with Crippen LogP contribution in [0.4, 0.5) is 5.69 Å². The number of fused-ring (bicyclic) bond motifs is 1. The monoisotopic (exact) mass is 368 g/mol. The average molecular weight is 369 g/mol. The van der Waals surface area contributed by atoms with Crippen molar-refractivity contribution in [1.29, 1.82) is 0 Å². The second-order valence-electron chi connectivity index (χ2n) is 7.30. The number of aliphatic hydroxyl groups is 1. The zero-order chi connectivity index (χ0) is 18.9. The predicted molar refractivity (Wildman–Crippen MR) is 111 cm³/mol. The minimum Gasteiger partial charge on any atom is -0.386 e. The lowest BCUT2D eigenvalue weighted by molar-refractivity contribution is 0.0786. The smallest absolute Gasteiger partial charge is 0.0840 e. The molecule has 3 rings (SSSR count). The fourth-order valence-corrected chi connectivity index (χ4v) is 3.12. The molecule has 3 nitrogen and oxygen atoms in total. The third-order valence-corrected chi connectivity index (χ3v) is 5.04. The molecule has 1 heterocycles. The summed E-state index contributed by atoms with van der Waals surface area (Å²) in [6.45, 7) is 7.86. The topological polar surface area (TPSA) is 45.2 Å². The molecule has 3 aromatic rings. The number of hydrogen-bond acceptors (Lipinski definition) is 3. The molecule has 0 saturated carbocycles. The molecule has 2 aromatic carbocycles. The number of aromatic nitrogens is 1. The lowest BCUT2D eigenvalue weighted by Crippen LogP contribution is -2.14. The fourth-order valence-electron chi connectivity index (χ4n) is 2.91. The molecule has 0 saturated heterocycles. The van der Waals surface area contributed by atoms with E-state index in [0.29, 0.717) is 11.1 Å². The quantitative estimate of drug-likeness (QED) is 0.581. The van der Waals surface area contributed by atoms with Crippen molar-refractivity contribution in [2.24, 2.45) is 0 Å². The number of hydrogen-bond donors (Lipinski definition) is 2. The van der Waals surface area contributed by atoms with Crippen molar-refractivity contribution in [2.45, 2.75) is 45.8 Å². The summed E-state index contributed by atoms with van der Waals surface area (Å²) in [6, 6.07) is 14.5.